The van der Waals surface area contributed by atoms with E-state index < -0.39 is 0 Å². The highest BCUT2D eigenvalue weighted by atomic mass is 16.6. The lowest BCUT2D eigenvalue weighted by Gasteiger charge is -2.35. The number of rotatable bonds is 5. The van der Waals surface area contributed by atoms with Gasteiger partial charge in [0.25, 0.3) is 5.56 Å². The number of carbonyl (C=O) groups is 1. The van der Waals surface area contributed by atoms with Crippen molar-refractivity contribution in [1.29, 1.82) is 0 Å². The van der Waals surface area contributed by atoms with Crippen LogP contribution in [0.3, 0.4) is 0 Å². The maximum atomic E-state index is 12.8. The molecule has 3 aromatic rings. The molecule has 33 heavy (non-hydrogen) atoms. The number of hydrogen-bond acceptors (Lipinski definition) is 6. The minimum atomic E-state index is -0.0878. The molecule has 2 aliphatic rings. The maximum Gasteiger partial charge on any atom is 0.261 e. The number of piperazine rings is 1. The topological polar surface area (TPSA) is 76.9 Å². The third-order valence-electron chi connectivity index (χ3n) is 6.34. The second-order valence-corrected chi connectivity index (χ2v) is 8.52. The Hall–Kier alpha value is -3.39. The Bertz CT molecular complexity index is 1230. The molecule has 172 valence electrons. The van der Waals surface area contributed by atoms with E-state index in [1.54, 1.807) is 10.6 Å². The van der Waals surface area contributed by atoms with Gasteiger partial charge >= 0.3 is 0 Å². The molecule has 0 bridgehead atoms. The number of benzene rings is 2. The van der Waals surface area contributed by atoms with Gasteiger partial charge in [0, 0.05) is 45.7 Å². The van der Waals surface area contributed by atoms with Gasteiger partial charge in [-0.25, -0.2) is 4.98 Å². The van der Waals surface area contributed by atoms with Gasteiger partial charge in [0.1, 0.15) is 19.0 Å². The molecule has 1 aromatic heterocycles. The van der Waals surface area contributed by atoms with Crippen molar-refractivity contribution in [3.8, 4) is 11.5 Å². The van der Waals surface area contributed by atoms with Crippen molar-refractivity contribution in [2.24, 2.45) is 0 Å². The first-order valence-corrected chi connectivity index (χ1v) is 11.4. The molecule has 1 fully saturated rings. The Kier molecular flexibility index (Phi) is 6.00. The second-order valence-electron chi connectivity index (χ2n) is 8.52. The van der Waals surface area contributed by atoms with Gasteiger partial charge in [-0.15, -0.1) is 0 Å². The summed E-state index contributed by atoms with van der Waals surface area (Å²) in [5.41, 5.74) is 1.78. The first-order valence-electron chi connectivity index (χ1n) is 11.4. The average Bonchev–Trinajstić information content (AvgIpc) is 2.84. The highest BCUT2D eigenvalue weighted by Gasteiger charge is 2.22. The SMILES string of the molecule is Cc1nc2ccccc2c(=O)n1CCC(=O)N1CCN(Cc2ccc3c(c2)OCCO3)CC1. The van der Waals surface area contributed by atoms with Crippen LogP contribution in [0.2, 0.25) is 0 Å². The summed E-state index contributed by atoms with van der Waals surface area (Å²) in [6.07, 6.45) is 0.295. The van der Waals surface area contributed by atoms with Crippen molar-refractivity contribution >= 4 is 16.8 Å². The number of aromatic nitrogens is 2. The third kappa shape index (κ3) is 4.57. The summed E-state index contributed by atoms with van der Waals surface area (Å²) in [6, 6.07) is 13.4. The minimum Gasteiger partial charge on any atom is -0.486 e. The molecule has 8 heteroatoms. The van der Waals surface area contributed by atoms with Gasteiger partial charge in [0.05, 0.1) is 10.9 Å². The minimum absolute atomic E-state index is 0.0773. The Labute approximate surface area is 192 Å². The summed E-state index contributed by atoms with van der Waals surface area (Å²) < 4.78 is 12.9. The fraction of sp³-hybridized carbons (Fsp3) is 0.400. The monoisotopic (exact) mass is 448 g/mol. The van der Waals surface area contributed by atoms with E-state index >= 15 is 0 Å². The quantitative estimate of drug-likeness (QED) is 0.596. The van der Waals surface area contributed by atoms with E-state index in [1.165, 1.54) is 5.56 Å². The molecular weight excluding hydrogens is 420 g/mol. The van der Waals surface area contributed by atoms with Crippen molar-refractivity contribution in [1.82, 2.24) is 19.4 Å². The Morgan fingerprint density at radius 3 is 2.58 bits per heavy atom. The molecule has 0 radical (unpaired) electrons. The van der Waals surface area contributed by atoms with E-state index in [1.807, 2.05) is 42.2 Å². The molecule has 8 nitrogen and oxygen atoms in total. The number of ether oxygens (including phenoxy) is 2. The van der Waals surface area contributed by atoms with Crippen molar-refractivity contribution in [3.63, 3.8) is 0 Å². The van der Waals surface area contributed by atoms with E-state index in [0.29, 0.717) is 56.0 Å². The number of carbonyl (C=O) groups excluding carboxylic acids is 1. The standard InChI is InChI=1S/C25H28N4O4/c1-18-26-21-5-3-2-4-20(21)25(31)29(18)9-8-24(30)28-12-10-27(11-13-28)17-19-6-7-22-23(16-19)33-15-14-32-22/h2-7,16H,8-15,17H2,1H3. The van der Waals surface area contributed by atoms with E-state index in [4.69, 9.17) is 9.47 Å². The molecule has 1 amide bonds. The fourth-order valence-electron chi connectivity index (χ4n) is 4.51. The molecule has 0 saturated carbocycles. The summed E-state index contributed by atoms with van der Waals surface area (Å²) in [7, 11) is 0. The lowest BCUT2D eigenvalue weighted by molar-refractivity contribution is -0.133. The highest BCUT2D eigenvalue weighted by molar-refractivity contribution is 5.78. The summed E-state index contributed by atoms with van der Waals surface area (Å²) in [6.45, 7) is 7.16. The van der Waals surface area contributed by atoms with Gasteiger partial charge < -0.3 is 14.4 Å². The van der Waals surface area contributed by atoms with Crippen LogP contribution in [0, 0.1) is 6.92 Å². The van der Waals surface area contributed by atoms with Crippen LogP contribution < -0.4 is 15.0 Å². The van der Waals surface area contributed by atoms with Crippen LogP contribution in [0.15, 0.2) is 47.3 Å². The summed E-state index contributed by atoms with van der Waals surface area (Å²) >= 11 is 0. The Morgan fingerprint density at radius 2 is 1.76 bits per heavy atom. The molecule has 1 saturated heterocycles. The van der Waals surface area contributed by atoms with E-state index in [-0.39, 0.29) is 11.5 Å². The van der Waals surface area contributed by atoms with Crippen LogP contribution >= 0.6 is 0 Å². The van der Waals surface area contributed by atoms with Gasteiger partial charge in [0.15, 0.2) is 11.5 Å². The van der Waals surface area contributed by atoms with Gasteiger partial charge in [-0.05, 0) is 36.8 Å². The number of amides is 1. The number of nitrogens with zero attached hydrogens (tertiary/aromatic N) is 4. The zero-order chi connectivity index (χ0) is 22.8. The van der Waals surface area contributed by atoms with E-state index in [0.717, 1.165) is 31.1 Å². The summed E-state index contributed by atoms with van der Waals surface area (Å²) in [5, 5.41) is 0.586. The van der Waals surface area contributed by atoms with Crippen LogP contribution in [0.25, 0.3) is 10.9 Å². The molecule has 2 aromatic carbocycles. The van der Waals surface area contributed by atoms with Crippen molar-refractivity contribution in [2.45, 2.75) is 26.4 Å². The van der Waals surface area contributed by atoms with Crippen molar-refractivity contribution in [2.75, 3.05) is 39.4 Å². The van der Waals surface area contributed by atoms with Crippen molar-refractivity contribution in [3.05, 3.63) is 64.2 Å². The van der Waals surface area contributed by atoms with Crippen LogP contribution in [0.4, 0.5) is 0 Å². The van der Waals surface area contributed by atoms with Crippen molar-refractivity contribution < 1.29 is 14.3 Å². The predicted octanol–water partition coefficient (Wildman–Crippen LogP) is 2.21. The van der Waals surface area contributed by atoms with Crippen LogP contribution in [-0.2, 0) is 17.9 Å². The average molecular weight is 449 g/mol. The van der Waals surface area contributed by atoms with E-state index in [2.05, 4.69) is 16.0 Å². The van der Waals surface area contributed by atoms with Crippen LogP contribution in [-0.4, -0.2) is 64.7 Å². The first kappa shape index (κ1) is 21.5. The summed E-state index contributed by atoms with van der Waals surface area (Å²) in [4.78, 5) is 34.4. The fourth-order valence-corrected chi connectivity index (χ4v) is 4.51. The first-order chi connectivity index (χ1) is 16.1. The van der Waals surface area contributed by atoms with Crippen LogP contribution in [0.1, 0.15) is 17.8 Å². The van der Waals surface area contributed by atoms with Gasteiger partial charge in [0.2, 0.25) is 5.91 Å². The molecule has 0 atom stereocenters. The van der Waals surface area contributed by atoms with Crippen LogP contribution in [0.5, 0.6) is 11.5 Å². The molecule has 0 spiro atoms. The zero-order valence-electron chi connectivity index (χ0n) is 18.8. The largest absolute Gasteiger partial charge is 0.486 e. The van der Waals surface area contributed by atoms with Gasteiger partial charge in [-0.1, -0.05) is 18.2 Å². The van der Waals surface area contributed by atoms with Gasteiger partial charge in [-0.2, -0.15) is 0 Å². The highest BCUT2D eigenvalue weighted by Crippen LogP contribution is 2.31. The van der Waals surface area contributed by atoms with E-state index in [9.17, 15) is 9.59 Å². The Morgan fingerprint density at radius 1 is 1.00 bits per heavy atom. The molecule has 2 aliphatic heterocycles. The normalized spacial score (nSPS) is 16.2. The molecule has 0 unspecified atom stereocenters. The molecule has 5 rings (SSSR count). The zero-order valence-corrected chi connectivity index (χ0v) is 18.8. The molecule has 0 aliphatic carbocycles. The smallest absolute Gasteiger partial charge is 0.261 e. The number of hydrogen-bond donors (Lipinski definition) is 0. The van der Waals surface area contributed by atoms with Gasteiger partial charge in [-0.3, -0.25) is 19.1 Å². The number of para-hydroxylation sites is 1. The maximum absolute atomic E-state index is 12.8. The molecule has 3 heterocycles. The lowest BCUT2D eigenvalue weighted by Crippen LogP contribution is -2.48. The molecular formula is C25H28N4O4. The summed E-state index contributed by atoms with van der Waals surface area (Å²) in [5.74, 6) is 2.32. The number of fused-ring (bicyclic) bond motifs is 2. The third-order valence-corrected chi connectivity index (χ3v) is 6.34. The lowest BCUT2D eigenvalue weighted by atomic mass is 10.1. The molecule has 0 N–H and O–H groups in total. The Balaban J connectivity index is 1.15. The predicted molar refractivity (Wildman–Crippen MR) is 125 cm³/mol. The number of aryl methyl sites for hydroxylation is 1. The second kappa shape index (κ2) is 9.23.